The van der Waals surface area contributed by atoms with Crippen molar-refractivity contribution in [3.63, 3.8) is 0 Å². The Bertz CT molecular complexity index is 1220. The molecular weight excluding hydrogens is 431 g/mol. The highest BCUT2D eigenvalue weighted by atomic mass is 31.2. The van der Waals surface area contributed by atoms with E-state index in [4.69, 9.17) is 4.74 Å². The van der Waals surface area contributed by atoms with Gasteiger partial charge in [-0.25, -0.2) is 0 Å². The molecule has 0 N–H and O–H groups in total. The number of Topliss-reactive ketones (excluding diaryl/α,β-unsaturated/α-hetero) is 1. The minimum absolute atomic E-state index is 0.304. The number of carbonyl (C=O) groups excluding carboxylic acids is 2. The number of hydrogen-bond donors (Lipinski definition) is 0. The van der Waals surface area contributed by atoms with Gasteiger partial charge in [-0.2, -0.15) is 0 Å². The summed E-state index contributed by atoms with van der Waals surface area (Å²) in [7, 11) is -3.24. The highest BCUT2D eigenvalue weighted by Gasteiger charge is 2.31. The molecule has 0 aromatic heterocycles. The van der Waals surface area contributed by atoms with Crippen molar-refractivity contribution >= 4 is 29.5 Å². The normalized spacial score (nSPS) is 11.0. The first kappa shape index (κ1) is 22.4. The van der Waals surface area contributed by atoms with Crippen molar-refractivity contribution < 1.29 is 18.9 Å². The predicted molar refractivity (Wildman–Crippen MR) is 132 cm³/mol. The van der Waals surface area contributed by atoms with Crippen LogP contribution >= 0.6 is 7.14 Å². The molecule has 4 nitrogen and oxygen atoms in total. The third kappa shape index (κ3) is 5.36. The largest absolute Gasteiger partial charge is 0.457 e. The van der Waals surface area contributed by atoms with Gasteiger partial charge >= 0.3 is 5.97 Å². The molecule has 164 valence electrons. The number of hydrogen-bond acceptors (Lipinski definition) is 4. The summed E-state index contributed by atoms with van der Waals surface area (Å²) >= 11 is 0. The summed E-state index contributed by atoms with van der Waals surface area (Å²) in [6.45, 7) is -0.396. The molecule has 4 aromatic rings. The Hall–Kier alpha value is -3.75. The maximum Gasteiger partial charge on any atom is 0.314 e. The van der Waals surface area contributed by atoms with E-state index < -0.39 is 19.7 Å². The van der Waals surface area contributed by atoms with Crippen LogP contribution in [-0.4, -0.2) is 24.5 Å². The molecule has 4 aromatic carbocycles. The topological polar surface area (TPSA) is 60.4 Å². The van der Waals surface area contributed by atoms with Gasteiger partial charge in [0.15, 0.2) is 19.5 Å². The Labute approximate surface area is 193 Å². The van der Waals surface area contributed by atoms with Crippen molar-refractivity contribution in [2.75, 3.05) is 12.8 Å². The van der Waals surface area contributed by atoms with E-state index in [1.807, 2.05) is 54.6 Å². The molecule has 0 amide bonds. The van der Waals surface area contributed by atoms with Crippen molar-refractivity contribution in [1.82, 2.24) is 0 Å². The summed E-state index contributed by atoms with van der Waals surface area (Å²) in [5, 5.41) is 1.16. The third-order valence-corrected chi connectivity index (χ3v) is 8.34. The molecular formula is C28H23O4P. The average molecular weight is 454 g/mol. The minimum atomic E-state index is -3.24. The molecule has 0 aliphatic heterocycles. The lowest BCUT2D eigenvalue weighted by Crippen LogP contribution is -2.25. The van der Waals surface area contributed by atoms with E-state index in [-0.39, 0.29) is 11.9 Å². The summed E-state index contributed by atoms with van der Waals surface area (Å²) in [5.74, 6) is -0.975. The molecule has 0 radical (unpaired) electrons. The summed E-state index contributed by atoms with van der Waals surface area (Å²) in [6, 6.07) is 34.8. The monoisotopic (exact) mass is 454 g/mol. The zero-order valence-electron chi connectivity index (χ0n) is 18.0. The molecule has 0 atom stereocenters. The van der Waals surface area contributed by atoms with Gasteiger partial charge in [-0.05, 0) is 11.1 Å². The van der Waals surface area contributed by atoms with Crippen LogP contribution in [0.1, 0.15) is 10.4 Å². The van der Waals surface area contributed by atoms with Crippen LogP contribution in [0.25, 0.3) is 11.1 Å². The van der Waals surface area contributed by atoms with Gasteiger partial charge in [-0.1, -0.05) is 115 Å². The Balaban J connectivity index is 1.43. The number of ketones is 1. The van der Waals surface area contributed by atoms with E-state index in [0.717, 1.165) is 11.1 Å². The number of carbonyl (C=O) groups is 2. The summed E-state index contributed by atoms with van der Waals surface area (Å²) in [4.78, 5) is 25.2. The summed E-state index contributed by atoms with van der Waals surface area (Å²) in [6.07, 6.45) is -0.304. The molecule has 0 aliphatic rings. The Morgan fingerprint density at radius 2 is 1.06 bits per heavy atom. The Morgan fingerprint density at radius 3 is 1.58 bits per heavy atom. The van der Waals surface area contributed by atoms with Gasteiger partial charge in [-0.15, -0.1) is 0 Å². The zero-order chi connectivity index (χ0) is 23.1. The number of benzene rings is 4. The lowest BCUT2D eigenvalue weighted by atomic mass is 10.0. The Morgan fingerprint density at radius 1 is 0.606 bits per heavy atom. The number of rotatable bonds is 8. The van der Waals surface area contributed by atoms with E-state index in [1.54, 1.807) is 60.7 Å². The fourth-order valence-corrected chi connectivity index (χ4v) is 6.03. The minimum Gasteiger partial charge on any atom is -0.457 e. The van der Waals surface area contributed by atoms with Gasteiger partial charge in [0.2, 0.25) is 0 Å². The summed E-state index contributed by atoms with van der Waals surface area (Å²) in [5.41, 5.74) is 2.51. The third-order valence-electron chi connectivity index (χ3n) is 5.38. The van der Waals surface area contributed by atoms with Crippen LogP contribution in [0.4, 0.5) is 0 Å². The first-order valence-corrected chi connectivity index (χ1v) is 12.5. The van der Waals surface area contributed by atoms with Crippen LogP contribution in [0, 0.1) is 0 Å². The van der Waals surface area contributed by atoms with Crippen molar-refractivity contribution in [2.24, 2.45) is 0 Å². The van der Waals surface area contributed by atoms with E-state index >= 15 is 0 Å². The molecule has 33 heavy (non-hydrogen) atoms. The molecule has 0 unspecified atom stereocenters. The van der Waals surface area contributed by atoms with Gasteiger partial charge in [-0.3, -0.25) is 9.59 Å². The number of ether oxygens (including phenoxy) is 1. The van der Waals surface area contributed by atoms with Crippen LogP contribution in [0.15, 0.2) is 115 Å². The van der Waals surface area contributed by atoms with Crippen LogP contribution in [0.3, 0.4) is 0 Å². The van der Waals surface area contributed by atoms with Gasteiger partial charge in [0.1, 0.15) is 6.16 Å². The van der Waals surface area contributed by atoms with Gasteiger partial charge in [0, 0.05) is 16.2 Å². The molecule has 0 saturated heterocycles. The fraction of sp³-hybridized carbons (Fsp3) is 0.0714. The summed E-state index contributed by atoms with van der Waals surface area (Å²) < 4.78 is 19.2. The second kappa shape index (κ2) is 10.2. The van der Waals surface area contributed by atoms with Gasteiger partial charge in [0.05, 0.1) is 0 Å². The molecule has 0 bridgehead atoms. The maximum atomic E-state index is 13.9. The molecule has 4 rings (SSSR count). The first-order chi connectivity index (χ1) is 16.1. The van der Waals surface area contributed by atoms with Gasteiger partial charge < -0.3 is 9.30 Å². The standard InChI is InChI=1S/C28H23O4P/c29-27(24-18-16-23(17-19-24)22-10-4-1-5-11-22)20-32-28(30)21-33(31,25-12-6-2-7-13-25)26-14-8-3-9-15-26/h1-19H,20-21H2. The fourth-order valence-electron chi connectivity index (χ4n) is 3.61. The quantitative estimate of drug-likeness (QED) is 0.211. The average Bonchev–Trinajstić information content (AvgIpc) is 2.89. The zero-order valence-corrected chi connectivity index (χ0v) is 18.9. The maximum absolute atomic E-state index is 13.9. The molecule has 5 heteroatoms. The smallest absolute Gasteiger partial charge is 0.314 e. The number of esters is 1. The van der Waals surface area contributed by atoms with Crippen LogP contribution in [0.5, 0.6) is 0 Å². The second-order valence-corrected chi connectivity index (χ2v) is 10.4. The highest BCUT2D eigenvalue weighted by Crippen LogP contribution is 2.43. The van der Waals surface area contributed by atoms with Crippen LogP contribution in [0.2, 0.25) is 0 Å². The second-order valence-electron chi connectivity index (χ2n) is 7.60. The van der Waals surface area contributed by atoms with E-state index in [9.17, 15) is 14.2 Å². The predicted octanol–water partition coefficient (Wildman–Crippen LogP) is 5.09. The Kier molecular flexibility index (Phi) is 6.97. The molecule has 0 heterocycles. The van der Waals surface area contributed by atoms with Gasteiger partial charge in [0.25, 0.3) is 0 Å². The van der Waals surface area contributed by atoms with E-state index in [0.29, 0.717) is 16.2 Å². The van der Waals surface area contributed by atoms with Crippen molar-refractivity contribution in [2.45, 2.75) is 0 Å². The van der Waals surface area contributed by atoms with Crippen LogP contribution in [-0.2, 0) is 14.1 Å². The van der Waals surface area contributed by atoms with Crippen molar-refractivity contribution in [3.8, 4) is 11.1 Å². The van der Waals surface area contributed by atoms with E-state index in [1.165, 1.54) is 0 Å². The van der Waals surface area contributed by atoms with Crippen molar-refractivity contribution in [3.05, 3.63) is 121 Å². The van der Waals surface area contributed by atoms with E-state index in [2.05, 4.69) is 0 Å². The molecule has 0 fully saturated rings. The first-order valence-electron chi connectivity index (χ1n) is 10.6. The molecule has 0 spiro atoms. The molecule has 0 aliphatic carbocycles. The lowest BCUT2D eigenvalue weighted by molar-refractivity contribution is -0.139. The van der Waals surface area contributed by atoms with Crippen molar-refractivity contribution in [1.29, 1.82) is 0 Å². The SMILES string of the molecule is O=C(CP(=O)(c1ccccc1)c1ccccc1)OCC(=O)c1ccc(-c2ccccc2)cc1. The lowest BCUT2D eigenvalue weighted by Gasteiger charge is -2.18. The molecule has 0 saturated carbocycles. The highest BCUT2D eigenvalue weighted by molar-refractivity contribution is 7.79. The van der Waals surface area contributed by atoms with Crippen LogP contribution < -0.4 is 10.6 Å².